The van der Waals surface area contributed by atoms with Crippen LogP contribution >= 0.6 is 23.2 Å². The van der Waals surface area contributed by atoms with Gasteiger partial charge in [0, 0.05) is 5.88 Å². The van der Waals surface area contributed by atoms with Crippen LogP contribution in [-0.2, 0) is 4.74 Å². The number of hydrogen-bond donors (Lipinski definition) is 0. The second kappa shape index (κ2) is 5.67. The van der Waals surface area contributed by atoms with Crippen molar-refractivity contribution in [3.05, 3.63) is 0 Å². The standard InChI is InChI=1S/C5H10Cl2O/c1-2-5(7)8-4-3-6/h5H,2-4H2,1H3. The van der Waals surface area contributed by atoms with E-state index >= 15 is 0 Å². The zero-order valence-corrected chi connectivity index (χ0v) is 6.37. The molecule has 0 aromatic carbocycles. The summed E-state index contributed by atoms with van der Waals surface area (Å²) < 4.78 is 4.97. The van der Waals surface area contributed by atoms with E-state index in [2.05, 4.69) is 0 Å². The second-order valence-electron chi connectivity index (χ2n) is 1.38. The summed E-state index contributed by atoms with van der Waals surface area (Å²) in [5, 5.41) is 0. The number of ether oxygens (including phenoxy) is 1. The van der Waals surface area contributed by atoms with E-state index in [1.54, 1.807) is 0 Å². The lowest BCUT2D eigenvalue weighted by molar-refractivity contribution is 0.119. The molecular formula is C5H10Cl2O. The summed E-state index contributed by atoms with van der Waals surface area (Å²) in [5.74, 6) is 0.517. The van der Waals surface area contributed by atoms with Crippen molar-refractivity contribution in [1.82, 2.24) is 0 Å². The summed E-state index contributed by atoms with van der Waals surface area (Å²) >= 11 is 10.9. The average molecular weight is 157 g/mol. The van der Waals surface area contributed by atoms with Crippen LogP contribution in [0, 0.1) is 0 Å². The summed E-state index contributed by atoms with van der Waals surface area (Å²) in [6, 6.07) is 0. The number of halogens is 2. The molecule has 0 amide bonds. The molecule has 1 nitrogen and oxygen atoms in total. The number of hydrogen-bond acceptors (Lipinski definition) is 1. The van der Waals surface area contributed by atoms with Gasteiger partial charge in [0.2, 0.25) is 0 Å². The quantitative estimate of drug-likeness (QED) is 0.568. The number of rotatable bonds is 4. The largest absolute Gasteiger partial charge is 0.361 e. The van der Waals surface area contributed by atoms with Crippen molar-refractivity contribution < 1.29 is 4.74 Å². The SMILES string of the molecule is CCC(Cl)OCCCl. The average Bonchev–Trinajstić information content (AvgIpc) is 1.83. The Balaban J connectivity index is 2.86. The Kier molecular flexibility index (Phi) is 6.06. The predicted molar refractivity (Wildman–Crippen MR) is 36.6 cm³/mol. The summed E-state index contributed by atoms with van der Waals surface area (Å²) in [7, 11) is 0. The van der Waals surface area contributed by atoms with Gasteiger partial charge in [0.05, 0.1) is 6.61 Å². The highest BCUT2D eigenvalue weighted by Crippen LogP contribution is 2.01. The fraction of sp³-hybridized carbons (Fsp3) is 1.00. The first-order valence-corrected chi connectivity index (χ1v) is 3.60. The molecule has 0 rings (SSSR count). The third kappa shape index (κ3) is 4.69. The smallest absolute Gasteiger partial charge is 0.130 e. The fourth-order valence-electron chi connectivity index (χ4n) is 0.290. The molecule has 0 radical (unpaired) electrons. The van der Waals surface area contributed by atoms with Crippen molar-refractivity contribution in [2.45, 2.75) is 18.9 Å². The van der Waals surface area contributed by atoms with Gasteiger partial charge >= 0.3 is 0 Å². The lowest BCUT2D eigenvalue weighted by Crippen LogP contribution is -2.04. The molecule has 0 spiro atoms. The summed E-state index contributed by atoms with van der Waals surface area (Å²) in [5.41, 5.74) is -0.159. The van der Waals surface area contributed by atoms with E-state index in [1.165, 1.54) is 0 Å². The second-order valence-corrected chi connectivity index (χ2v) is 2.24. The van der Waals surface area contributed by atoms with E-state index in [0.717, 1.165) is 6.42 Å². The third-order valence-corrected chi connectivity index (χ3v) is 1.29. The van der Waals surface area contributed by atoms with Crippen molar-refractivity contribution in [3.8, 4) is 0 Å². The maximum Gasteiger partial charge on any atom is 0.130 e. The first kappa shape index (κ1) is 8.54. The Bertz CT molecular complexity index is 49.7. The van der Waals surface area contributed by atoms with E-state index in [9.17, 15) is 0 Å². The Morgan fingerprint density at radius 3 is 2.62 bits per heavy atom. The molecule has 0 aliphatic heterocycles. The van der Waals surface area contributed by atoms with Gasteiger partial charge in [-0.25, -0.2) is 0 Å². The Morgan fingerprint density at radius 2 is 2.25 bits per heavy atom. The van der Waals surface area contributed by atoms with Crippen LogP contribution in [-0.4, -0.2) is 18.1 Å². The first-order valence-electron chi connectivity index (χ1n) is 2.63. The van der Waals surface area contributed by atoms with Crippen LogP contribution in [0.25, 0.3) is 0 Å². The van der Waals surface area contributed by atoms with E-state index in [0.29, 0.717) is 12.5 Å². The van der Waals surface area contributed by atoms with Crippen LogP contribution in [0.3, 0.4) is 0 Å². The van der Waals surface area contributed by atoms with Crippen molar-refractivity contribution in [2.75, 3.05) is 12.5 Å². The van der Waals surface area contributed by atoms with Gasteiger partial charge in [0.15, 0.2) is 0 Å². The molecule has 1 unspecified atom stereocenters. The topological polar surface area (TPSA) is 9.23 Å². The van der Waals surface area contributed by atoms with Gasteiger partial charge in [-0.15, -0.1) is 11.6 Å². The third-order valence-electron chi connectivity index (χ3n) is 0.697. The predicted octanol–water partition coefficient (Wildman–Crippen LogP) is 2.22. The summed E-state index contributed by atoms with van der Waals surface area (Å²) in [4.78, 5) is 0. The fourth-order valence-corrected chi connectivity index (χ4v) is 0.468. The van der Waals surface area contributed by atoms with Gasteiger partial charge in [-0.1, -0.05) is 18.5 Å². The molecule has 0 saturated heterocycles. The van der Waals surface area contributed by atoms with Crippen molar-refractivity contribution in [3.63, 3.8) is 0 Å². The molecule has 0 aliphatic carbocycles. The lowest BCUT2D eigenvalue weighted by atomic mass is 10.5. The van der Waals surface area contributed by atoms with E-state index < -0.39 is 0 Å². The molecule has 8 heavy (non-hydrogen) atoms. The van der Waals surface area contributed by atoms with Crippen LogP contribution in [0.2, 0.25) is 0 Å². The van der Waals surface area contributed by atoms with Gasteiger partial charge in [0.1, 0.15) is 5.56 Å². The molecule has 0 aliphatic rings. The van der Waals surface area contributed by atoms with E-state index in [4.69, 9.17) is 27.9 Å². The Morgan fingerprint density at radius 1 is 1.62 bits per heavy atom. The van der Waals surface area contributed by atoms with E-state index in [1.807, 2.05) is 6.92 Å². The normalized spacial score (nSPS) is 13.9. The Hall–Kier alpha value is 0.540. The van der Waals surface area contributed by atoms with Crippen molar-refractivity contribution >= 4 is 23.2 Å². The molecule has 0 fully saturated rings. The highest BCUT2D eigenvalue weighted by Gasteiger charge is 1.97. The molecule has 50 valence electrons. The molecule has 0 aromatic heterocycles. The monoisotopic (exact) mass is 156 g/mol. The van der Waals surface area contributed by atoms with Crippen molar-refractivity contribution in [2.24, 2.45) is 0 Å². The molecule has 0 saturated carbocycles. The summed E-state index contributed by atoms with van der Waals surface area (Å²) in [6.45, 7) is 2.51. The molecule has 1 atom stereocenters. The van der Waals surface area contributed by atoms with Gasteiger partial charge in [-0.3, -0.25) is 0 Å². The minimum absolute atomic E-state index is 0.159. The minimum atomic E-state index is -0.159. The highest BCUT2D eigenvalue weighted by atomic mass is 35.5. The van der Waals surface area contributed by atoms with Gasteiger partial charge in [0.25, 0.3) is 0 Å². The molecular weight excluding hydrogens is 147 g/mol. The maximum atomic E-state index is 5.56. The van der Waals surface area contributed by atoms with Gasteiger partial charge < -0.3 is 4.74 Å². The van der Waals surface area contributed by atoms with E-state index in [-0.39, 0.29) is 5.56 Å². The molecule has 0 N–H and O–H groups in total. The minimum Gasteiger partial charge on any atom is -0.361 e. The van der Waals surface area contributed by atoms with Crippen LogP contribution < -0.4 is 0 Å². The lowest BCUT2D eigenvalue weighted by Gasteiger charge is -2.04. The zero-order valence-electron chi connectivity index (χ0n) is 4.86. The van der Waals surface area contributed by atoms with Gasteiger partial charge in [-0.2, -0.15) is 0 Å². The maximum absolute atomic E-state index is 5.56. The van der Waals surface area contributed by atoms with Crippen LogP contribution in [0.4, 0.5) is 0 Å². The molecule has 0 aromatic rings. The molecule has 0 heterocycles. The van der Waals surface area contributed by atoms with Crippen molar-refractivity contribution in [1.29, 1.82) is 0 Å². The zero-order chi connectivity index (χ0) is 6.41. The van der Waals surface area contributed by atoms with Gasteiger partial charge in [-0.05, 0) is 6.42 Å². The number of alkyl halides is 2. The summed E-state index contributed by atoms with van der Waals surface area (Å²) in [6.07, 6.45) is 0.832. The first-order chi connectivity index (χ1) is 3.81. The molecule has 3 heteroatoms. The van der Waals surface area contributed by atoms with Crippen LogP contribution in [0.1, 0.15) is 13.3 Å². The van der Waals surface area contributed by atoms with Crippen LogP contribution in [0.15, 0.2) is 0 Å². The highest BCUT2D eigenvalue weighted by molar-refractivity contribution is 6.19. The Labute approximate surface area is 59.9 Å². The van der Waals surface area contributed by atoms with Crippen LogP contribution in [0.5, 0.6) is 0 Å². The molecule has 0 bridgehead atoms.